The minimum absolute atomic E-state index is 0.156. The van der Waals surface area contributed by atoms with Crippen LogP contribution in [0.1, 0.15) is 20.1 Å². The van der Waals surface area contributed by atoms with Crippen molar-refractivity contribution in [3.63, 3.8) is 0 Å². The Labute approximate surface area is 118 Å². The van der Waals surface area contributed by atoms with E-state index in [-0.39, 0.29) is 5.91 Å². The van der Waals surface area contributed by atoms with Crippen molar-refractivity contribution in [1.29, 1.82) is 0 Å². The van der Waals surface area contributed by atoms with Crippen molar-refractivity contribution in [2.45, 2.75) is 13.8 Å². The molecule has 0 aliphatic rings. The van der Waals surface area contributed by atoms with Crippen LogP contribution < -0.4 is 11.1 Å². The van der Waals surface area contributed by atoms with Crippen molar-refractivity contribution in [3.8, 4) is 0 Å². The SMILES string of the molecule is Cc1cc(C(=O)Nc2ccc3oc(=O)[nH]c3c2)c(C)s1. The summed E-state index contributed by atoms with van der Waals surface area (Å²) in [5, 5.41) is 2.82. The number of aryl methyl sites for hydroxylation is 2. The minimum atomic E-state index is -0.507. The molecule has 0 unspecified atom stereocenters. The zero-order valence-corrected chi connectivity index (χ0v) is 11.8. The van der Waals surface area contributed by atoms with Crippen LogP contribution in [0.4, 0.5) is 5.69 Å². The maximum atomic E-state index is 12.2. The predicted octanol–water partition coefficient (Wildman–Crippen LogP) is 3.05. The number of hydrogen-bond acceptors (Lipinski definition) is 4. The van der Waals surface area contributed by atoms with E-state index in [2.05, 4.69) is 10.3 Å². The molecule has 0 fully saturated rings. The van der Waals surface area contributed by atoms with Crippen LogP contribution in [0.2, 0.25) is 0 Å². The number of carbonyl (C=O) groups is 1. The molecule has 0 aliphatic carbocycles. The van der Waals surface area contributed by atoms with Crippen LogP contribution in [0.15, 0.2) is 33.5 Å². The van der Waals surface area contributed by atoms with E-state index in [9.17, 15) is 9.59 Å². The Morgan fingerprint density at radius 1 is 1.30 bits per heavy atom. The highest BCUT2D eigenvalue weighted by Crippen LogP contribution is 2.22. The smallest absolute Gasteiger partial charge is 0.408 e. The van der Waals surface area contributed by atoms with Gasteiger partial charge in [-0.15, -0.1) is 11.3 Å². The van der Waals surface area contributed by atoms with Crippen LogP contribution in [-0.2, 0) is 0 Å². The number of fused-ring (bicyclic) bond motifs is 1. The van der Waals surface area contributed by atoms with Gasteiger partial charge in [0.2, 0.25) is 0 Å². The zero-order valence-electron chi connectivity index (χ0n) is 10.9. The number of aromatic amines is 1. The van der Waals surface area contributed by atoms with Gasteiger partial charge in [0.25, 0.3) is 5.91 Å². The summed E-state index contributed by atoms with van der Waals surface area (Å²) in [6.45, 7) is 3.89. The van der Waals surface area contributed by atoms with E-state index in [1.807, 2.05) is 19.9 Å². The van der Waals surface area contributed by atoms with Gasteiger partial charge in [0, 0.05) is 15.4 Å². The highest BCUT2D eigenvalue weighted by atomic mass is 32.1. The van der Waals surface area contributed by atoms with Crippen LogP contribution in [0.25, 0.3) is 11.1 Å². The Balaban J connectivity index is 1.90. The first kappa shape index (κ1) is 12.7. The normalized spacial score (nSPS) is 10.9. The van der Waals surface area contributed by atoms with E-state index >= 15 is 0 Å². The predicted molar refractivity (Wildman–Crippen MR) is 78.6 cm³/mol. The molecule has 2 heterocycles. The van der Waals surface area contributed by atoms with E-state index < -0.39 is 5.76 Å². The summed E-state index contributed by atoms with van der Waals surface area (Å²) < 4.78 is 4.91. The van der Waals surface area contributed by atoms with Gasteiger partial charge in [-0.3, -0.25) is 9.78 Å². The molecule has 2 aromatic heterocycles. The first-order valence-electron chi connectivity index (χ1n) is 6.04. The number of H-pyrrole nitrogens is 1. The lowest BCUT2D eigenvalue weighted by Gasteiger charge is -2.04. The lowest BCUT2D eigenvalue weighted by atomic mass is 10.2. The van der Waals surface area contributed by atoms with Crippen LogP contribution >= 0.6 is 11.3 Å². The second kappa shape index (κ2) is 4.64. The molecular weight excluding hydrogens is 276 g/mol. The highest BCUT2D eigenvalue weighted by molar-refractivity contribution is 7.12. The maximum absolute atomic E-state index is 12.2. The lowest BCUT2D eigenvalue weighted by molar-refractivity contribution is 0.102. The molecule has 1 amide bonds. The van der Waals surface area contributed by atoms with Crippen molar-refractivity contribution >= 4 is 34.0 Å². The number of rotatable bonds is 2. The Hall–Kier alpha value is -2.34. The first-order chi connectivity index (χ1) is 9.52. The van der Waals surface area contributed by atoms with Crippen molar-refractivity contribution in [3.05, 3.63) is 50.1 Å². The topological polar surface area (TPSA) is 75.1 Å². The molecule has 102 valence electrons. The van der Waals surface area contributed by atoms with Gasteiger partial charge in [-0.25, -0.2) is 4.79 Å². The molecule has 3 aromatic rings. The summed E-state index contributed by atoms with van der Waals surface area (Å²) in [5.74, 6) is -0.662. The summed E-state index contributed by atoms with van der Waals surface area (Å²) in [6, 6.07) is 6.89. The standard InChI is InChI=1S/C14H12N2O3S/c1-7-5-10(8(2)20-7)13(17)15-9-3-4-12-11(6-9)16-14(18)19-12/h3-6H,1-2H3,(H,15,17)(H,16,18). The van der Waals surface area contributed by atoms with Crippen LogP contribution in [0.5, 0.6) is 0 Å². The van der Waals surface area contributed by atoms with E-state index in [4.69, 9.17) is 4.42 Å². The van der Waals surface area contributed by atoms with Gasteiger partial charge in [-0.1, -0.05) is 0 Å². The van der Waals surface area contributed by atoms with Gasteiger partial charge in [0.1, 0.15) is 0 Å². The first-order valence-corrected chi connectivity index (χ1v) is 6.86. The van der Waals surface area contributed by atoms with Gasteiger partial charge in [-0.2, -0.15) is 0 Å². The molecule has 0 saturated carbocycles. The van der Waals surface area contributed by atoms with Crippen LogP contribution in [0.3, 0.4) is 0 Å². The monoisotopic (exact) mass is 288 g/mol. The van der Waals surface area contributed by atoms with Crippen molar-refractivity contribution in [2.24, 2.45) is 0 Å². The number of amides is 1. The number of benzene rings is 1. The van der Waals surface area contributed by atoms with Gasteiger partial charge in [0.05, 0.1) is 11.1 Å². The number of anilines is 1. The van der Waals surface area contributed by atoms with Crippen molar-refractivity contribution in [2.75, 3.05) is 5.32 Å². The Morgan fingerprint density at radius 3 is 2.80 bits per heavy atom. The molecule has 0 aliphatic heterocycles. The average Bonchev–Trinajstić information content (AvgIpc) is 2.90. The van der Waals surface area contributed by atoms with Gasteiger partial charge < -0.3 is 9.73 Å². The van der Waals surface area contributed by atoms with Crippen molar-refractivity contribution < 1.29 is 9.21 Å². The summed E-state index contributed by atoms with van der Waals surface area (Å²) in [7, 11) is 0. The Kier molecular flexibility index (Phi) is 2.94. The molecule has 0 bridgehead atoms. The molecule has 0 atom stereocenters. The van der Waals surface area contributed by atoms with E-state index in [1.165, 1.54) is 0 Å². The fourth-order valence-corrected chi connectivity index (χ4v) is 3.01. The van der Waals surface area contributed by atoms with Gasteiger partial charge in [0.15, 0.2) is 5.58 Å². The molecule has 1 aromatic carbocycles. The minimum Gasteiger partial charge on any atom is -0.408 e. The third kappa shape index (κ3) is 2.25. The summed E-state index contributed by atoms with van der Waals surface area (Å²) >= 11 is 1.59. The summed E-state index contributed by atoms with van der Waals surface area (Å²) in [5.41, 5.74) is 2.32. The average molecular weight is 288 g/mol. The number of nitrogens with one attached hydrogen (secondary N) is 2. The van der Waals surface area contributed by atoms with Gasteiger partial charge >= 0.3 is 5.76 Å². The third-order valence-electron chi connectivity index (χ3n) is 2.96. The molecule has 0 saturated heterocycles. The second-order valence-electron chi connectivity index (χ2n) is 4.51. The number of aromatic nitrogens is 1. The van der Waals surface area contributed by atoms with E-state index in [0.29, 0.717) is 22.4 Å². The molecule has 0 radical (unpaired) electrons. The third-order valence-corrected chi connectivity index (χ3v) is 3.93. The molecule has 3 rings (SSSR count). The highest BCUT2D eigenvalue weighted by Gasteiger charge is 2.12. The Morgan fingerprint density at radius 2 is 2.10 bits per heavy atom. The molecule has 2 N–H and O–H groups in total. The summed E-state index contributed by atoms with van der Waals surface area (Å²) in [6.07, 6.45) is 0. The van der Waals surface area contributed by atoms with Crippen molar-refractivity contribution in [1.82, 2.24) is 4.98 Å². The van der Waals surface area contributed by atoms with Crippen LogP contribution in [-0.4, -0.2) is 10.9 Å². The molecule has 5 nitrogen and oxygen atoms in total. The molecule has 6 heteroatoms. The van der Waals surface area contributed by atoms with E-state index in [1.54, 1.807) is 29.5 Å². The maximum Gasteiger partial charge on any atom is 0.417 e. The summed E-state index contributed by atoms with van der Waals surface area (Å²) in [4.78, 5) is 27.9. The molecule has 0 spiro atoms. The quantitative estimate of drug-likeness (QED) is 0.761. The largest absolute Gasteiger partial charge is 0.417 e. The number of hydrogen-bond donors (Lipinski definition) is 2. The van der Waals surface area contributed by atoms with E-state index in [0.717, 1.165) is 9.75 Å². The lowest BCUT2D eigenvalue weighted by Crippen LogP contribution is -2.11. The second-order valence-corrected chi connectivity index (χ2v) is 5.97. The fraction of sp³-hybridized carbons (Fsp3) is 0.143. The number of oxazole rings is 1. The van der Waals surface area contributed by atoms with Crippen LogP contribution in [0, 0.1) is 13.8 Å². The molecular formula is C14H12N2O3S. The Bertz CT molecular complexity index is 857. The number of thiophene rings is 1. The number of carbonyl (C=O) groups excluding carboxylic acids is 1. The fourth-order valence-electron chi connectivity index (χ4n) is 2.08. The zero-order chi connectivity index (χ0) is 14.3. The molecule has 20 heavy (non-hydrogen) atoms. The van der Waals surface area contributed by atoms with Gasteiger partial charge in [-0.05, 0) is 38.1 Å².